The second-order valence-electron chi connectivity index (χ2n) is 5.08. The van der Waals surface area contributed by atoms with Gasteiger partial charge in [0.2, 0.25) is 0 Å². The molecule has 1 aliphatic rings. The van der Waals surface area contributed by atoms with Crippen molar-refractivity contribution >= 4 is 16.5 Å². The van der Waals surface area contributed by atoms with Gasteiger partial charge >= 0.3 is 0 Å². The smallest absolute Gasteiger partial charge is 0.103 e. The van der Waals surface area contributed by atoms with E-state index in [1.807, 2.05) is 25.4 Å². The summed E-state index contributed by atoms with van der Waals surface area (Å²) in [6, 6.07) is 8.57. The Balaban J connectivity index is 1.77. The number of hydrogen-bond donors (Lipinski definition) is 1. The Kier molecular flexibility index (Phi) is 3.85. The number of nitrogens with one attached hydrogen (secondary N) is 1. The summed E-state index contributed by atoms with van der Waals surface area (Å²) in [6.45, 7) is 2.75. The third-order valence-electron chi connectivity index (χ3n) is 3.93. The molecule has 1 aromatic carbocycles. The first kappa shape index (κ1) is 13.3. The third kappa shape index (κ3) is 2.37. The number of aromatic nitrogens is 1. The van der Waals surface area contributed by atoms with Crippen LogP contribution in [0.5, 0.6) is 0 Å². The quantitative estimate of drug-likeness (QED) is 0.909. The molecule has 3 atom stereocenters. The molecule has 1 heterocycles. The molecule has 3 unspecified atom stereocenters. The second-order valence-corrected chi connectivity index (χ2v) is 5.08. The van der Waals surface area contributed by atoms with Gasteiger partial charge in [-0.15, -0.1) is 0 Å². The molecule has 1 aliphatic carbocycles. The van der Waals surface area contributed by atoms with Crippen LogP contribution in [0.4, 0.5) is 5.69 Å². The van der Waals surface area contributed by atoms with Crippen LogP contribution in [0.1, 0.15) is 13.3 Å². The number of fused-ring (bicyclic) bond motifs is 1. The minimum absolute atomic E-state index is 0.113. The van der Waals surface area contributed by atoms with E-state index in [1.54, 1.807) is 7.11 Å². The Hall–Kier alpha value is -1.65. The van der Waals surface area contributed by atoms with Crippen molar-refractivity contribution in [3.63, 3.8) is 0 Å². The van der Waals surface area contributed by atoms with E-state index in [-0.39, 0.29) is 12.2 Å². The summed E-state index contributed by atoms with van der Waals surface area (Å²) in [5.74, 6) is 0. The molecular formula is C16H20N2O2. The van der Waals surface area contributed by atoms with Gasteiger partial charge in [0, 0.05) is 37.2 Å². The third-order valence-corrected chi connectivity index (χ3v) is 3.93. The van der Waals surface area contributed by atoms with Gasteiger partial charge in [0.15, 0.2) is 0 Å². The van der Waals surface area contributed by atoms with E-state index < -0.39 is 0 Å². The second kappa shape index (κ2) is 5.77. The molecule has 1 aromatic heterocycles. The Morgan fingerprint density at radius 3 is 3.05 bits per heavy atom. The first-order valence-electron chi connectivity index (χ1n) is 7.07. The van der Waals surface area contributed by atoms with Crippen LogP contribution < -0.4 is 5.32 Å². The number of rotatable bonds is 5. The van der Waals surface area contributed by atoms with E-state index >= 15 is 0 Å². The van der Waals surface area contributed by atoms with Crippen molar-refractivity contribution in [1.82, 2.24) is 4.98 Å². The van der Waals surface area contributed by atoms with Crippen LogP contribution in [0.2, 0.25) is 0 Å². The molecule has 106 valence electrons. The van der Waals surface area contributed by atoms with E-state index in [4.69, 9.17) is 9.47 Å². The summed E-state index contributed by atoms with van der Waals surface area (Å²) < 4.78 is 11.2. The van der Waals surface area contributed by atoms with E-state index in [2.05, 4.69) is 28.5 Å². The van der Waals surface area contributed by atoms with Crippen LogP contribution >= 0.6 is 0 Å². The standard InChI is InChI=1S/C16H20N2O2/c1-3-20-15-9-14(16(15)19-2)18-13-6-4-5-11-7-8-17-10-12(11)13/h4-8,10,14-16,18H,3,9H2,1-2H3. The molecule has 4 heteroatoms. The number of ether oxygens (including phenoxy) is 2. The molecule has 3 rings (SSSR count). The SMILES string of the molecule is CCOC1CC(Nc2cccc3ccncc23)C1OC. The molecule has 2 aromatic rings. The lowest BCUT2D eigenvalue weighted by molar-refractivity contribution is -0.117. The average molecular weight is 272 g/mol. The summed E-state index contributed by atoms with van der Waals surface area (Å²) in [7, 11) is 1.75. The number of hydrogen-bond acceptors (Lipinski definition) is 4. The van der Waals surface area contributed by atoms with E-state index in [0.29, 0.717) is 6.04 Å². The predicted octanol–water partition coefficient (Wildman–Crippen LogP) is 2.84. The zero-order chi connectivity index (χ0) is 13.9. The minimum Gasteiger partial charge on any atom is -0.379 e. The maximum Gasteiger partial charge on any atom is 0.103 e. The lowest BCUT2D eigenvalue weighted by atomic mass is 9.85. The van der Waals surface area contributed by atoms with Gasteiger partial charge in [-0.25, -0.2) is 0 Å². The van der Waals surface area contributed by atoms with Crippen LogP contribution in [0.15, 0.2) is 36.7 Å². The summed E-state index contributed by atoms with van der Waals surface area (Å²) in [4.78, 5) is 4.21. The van der Waals surface area contributed by atoms with Crippen molar-refractivity contribution in [3.8, 4) is 0 Å². The summed E-state index contributed by atoms with van der Waals surface area (Å²) >= 11 is 0. The Morgan fingerprint density at radius 1 is 1.35 bits per heavy atom. The van der Waals surface area contributed by atoms with Crippen molar-refractivity contribution in [2.24, 2.45) is 0 Å². The van der Waals surface area contributed by atoms with Gasteiger partial charge in [-0.2, -0.15) is 0 Å². The van der Waals surface area contributed by atoms with Crippen LogP contribution in [0, 0.1) is 0 Å². The largest absolute Gasteiger partial charge is 0.379 e. The molecule has 1 fully saturated rings. The number of methoxy groups -OCH3 is 1. The highest BCUT2D eigenvalue weighted by Gasteiger charge is 2.42. The van der Waals surface area contributed by atoms with Gasteiger partial charge in [-0.1, -0.05) is 12.1 Å². The van der Waals surface area contributed by atoms with Crippen molar-refractivity contribution in [2.75, 3.05) is 19.0 Å². The molecule has 0 spiro atoms. The molecule has 4 nitrogen and oxygen atoms in total. The van der Waals surface area contributed by atoms with Crippen molar-refractivity contribution < 1.29 is 9.47 Å². The number of nitrogens with zero attached hydrogens (tertiary/aromatic N) is 1. The molecule has 0 amide bonds. The Morgan fingerprint density at radius 2 is 2.25 bits per heavy atom. The average Bonchev–Trinajstić information content (AvgIpc) is 2.46. The summed E-state index contributed by atoms with van der Waals surface area (Å²) in [6.07, 6.45) is 5.01. The monoisotopic (exact) mass is 272 g/mol. The molecule has 0 radical (unpaired) electrons. The maximum atomic E-state index is 5.66. The minimum atomic E-state index is 0.113. The fourth-order valence-corrected chi connectivity index (χ4v) is 2.85. The number of pyridine rings is 1. The van der Waals surface area contributed by atoms with E-state index in [9.17, 15) is 0 Å². The van der Waals surface area contributed by atoms with E-state index in [0.717, 1.165) is 24.1 Å². The maximum absolute atomic E-state index is 5.66. The van der Waals surface area contributed by atoms with E-state index in [1.165, 1.54) is 5.39 Å². The van der Waals surface area contributed by atoms with Crippen molar-refractivity contribution in [1.29, 1.82) is 0 Å². The van der Waals surface area contributed by atoms with Gasteiger partial charge in [-0.05, 0) is 30.9 Å². The van der Waals surface area contributed by atoms with Gasteiger partial charge in [0.25, 0.3) is 0 Å². The predicted molar refractivity (Wildman–Crippen MR) is 80.0 cm³/mol. The number of benzene rings is 1. The van der Waals surface area contributed by atoms with Crippen LogP contribution in [-0.4, -0.2) is 37.0 Å². The Labute approximate surface area is 119 Å². The first-order chi connectivity index (χ1) is 9.83. The first-order valence-corrected chi connectivity index (χ1v) is 7.07. The van der Waals surface area contributed by atoms with Gasteiger partial charge < -0.3 is 14.8 Å². The molecule has 1 saturated carbocycles. The summed E-state index contributed by atoms with van der Waals surface area (Å²) in [5.41, 5.74) is 1.11. The van der Waals surface area contributed by atoms with Gasteiger partial charge in [0.05, 0.1) is 12.1 Å². The fourth-order valence-electron chi connectivity index (χ4n) is 2.85. The lowest BCUT2D eigenvalue weighted by Crippen LogP contribution is -2.56. The summed E-state index contributed by atoms with van der Waals surface area (Å²) in [5, 5.41) is 5.90. The normalized spacial score (nSPS) is 25.4. The molecule has 20 heavy (non-hydrogen) atoms. The topological polar surface area (TPSA) is 43.4 Å². The van der Waals surface area contributed by atoms with Gasteiger partial charge in [-0.3, -0.25) is 4.98 Å². The molecule has 0 bridgehead atoms. The molecule has 1 N–H and O–H groups in total. The van der Waals surface area contributed by atoms with Crippen LogP contribution in [0.3, 0.4) is 0 Å². The molecule has 0 aliphatic heterocycles. The van der Waals surface area contributed by atoms with Crippen molar-refractivity contribution in [3.05, 3.63) is 36.7 Å². The lowest BCUT2D eigenvalue weighted by Gasteiger charge is -2.43. The van der Waals surface area contributed by atoms with Crippen LogP contribution in [-0.2, 0) is 9.47 Å². The van der Waals surface area contributed by atoms with Crippen molar-refractivity contribution in [2.45, 2.75) is 31.6 Å². The van der Waals surface area contributed by atoms with Gasteiger partial charge in [0.1, 0.15) is 6.10 Å². The zero-order valence-corrected chi connectivity index (χ0v) is 11.9. The molecule has 0 saturated heterocycles. The zero-order valence-electron chi connectivity index (χ0n) is 11.9. The highest BCUT2D eigenvalue weighted by molar-refractivity contribution is 5.93. The fraction of sp³-hybridized carbons (Fsp3) is 0.438. The highest BCUT2D eigenvalue weighted by atomic mass is 16.5. The Bertz CT molecular complexity index is 582. The highest BCUT2D eigenvalue weighted by Crippen LogP contribution is 2.32. The number of anilines is 1. The van der Waals surface area contributed by atoms with Crippen LogP contribution in [0.25, 0.3) is 10.8 Å². The molecular weight excluding hydrogens is 252 g/mol.